The highest BCUT2D eigenvalue weighted by atomic mass is 16.5. The highest BCUT2D eigenvalue weighted by molar-refractivity contribution is 5.94. The van der Waals surface area contributed by atoms with E-state index in [0.29, 0.717) is 10.1 Å². The van der Waals surface area contributed by atoms with Gasteiger partial charge < -0.3 is 30.3 Å². The van der Waals surface area contributed by atoms with Crippen LogP contribution in [0.5, 0.6) is 0 Å². The van der Waals surface area contributed by atoms with Gasteiger partial charge in [0.05, 0.1) is 27.1 Å². The summed E-state index contributed by atoms with van der Waals surface area (Å²) in [6.45, 7) is -0.209. The van der Waals surface area contributed by atoms with Gasteiger partial charge in [0.15, 0.2) is 5.60 Å². The molecule has 0 aromatic heterocycles. The van der Waals surface area contributed by atoms with E-state index < -0.39 is 72.1 Å². The number of hydrogen-bond donors (Lipinski definition) is 6. The van der Waals surface area contributed by atoms with Gasteiger partial charge in [-0.25, -0.2) is 24.5 Å². The molecular formula is C38H48N4O13. The zero-order valence-corrected chi connectivity index (χ0v) is 30.7. The van der Waals surface area contributed by atoms with Crippen LogP contribution in [0, 0.1) is 0 Å². The van der Waals surface area contributed by atoms with Crippen molar-refractivity contribution in [3.8, 4) is 0 Å². The monoisotopic (exact) mass is 768 g/mol. The summed E-state index contributed by atoms with van der Waals surface area (Å²) in [6.07, 6.45) is 3.85. The van der Waals surface area contributed by atoms with Crippen molar-refractivity contribution in [2.45, 2.75) is 69.1 Å². The van der Waals surface area contributed by atoms with Gasteiger partial charge in [-0.1, -0.05) is 60.7 Å². The smallest absolute Gasteiger partial charge is 0.336 e. The van der Waals surface area contributed by atoms with E-state index >= 15 is 0 Å². The molecule has 0 spiro atoms. The SMILES string of the molecule is COC(=O)[C@H](CCCCN(O)C(=O)/C=C/c1ccccc1)NC(=O)CC(O)(CC(=O)N[C@@H](CCCCN(O)C(=O)/C=C/c1ccccc1)C(=O)OC)C(=O)O. The second-order valence-corrected chi connectivity index (χ2v) is 12.4. The van der Waals surface area contributed by atoms with Crippen LogP contribution in [-0.2, 0) is 43.0 Å². The number of carboxylic acids is 1. The van der Waals surface area contributed by atoms with E-state index in [1.807, 2.05) is 12.1 Å². The molecule has 0 fully saturated rings. The van der Waals surface area contributed by atoms with Crippen LogP contribution >= 0.6 is 0 Å². The molecule has 2 aromatic rings. The summed E-state index contributed by atoms with van der Waals surface area (Å²) in [5.74, 6) is -7.26. The number of amides is 4. The summed E-state index contributed by atoms with van der Waals surface area (Å²) < 4.78 is 9.43. The Hall–Kier alpha value is -5.91. The fourth-order valence-electron chi connectivity index (χ4n) is 5.09. The predicted octanol–water partition coefficient (Wildman–Crippen LogP) is 2.10. The van der Waals surface area contributed by atoms with Gasteiger partial charge >= 0.3 is 17.9 Å². The molecule has 0 saturated carbocycles. The fourth-order valence-corrected chi connectivity index (χ4v) is 5.09. The summed E-state index contributed by atoms with van der Waals surface area (Å²) in [6, 6.07) is 15.3. The van der Waals surface area contributed by atoms with E-state index in [9.17, 15) is 54.2 Å². The van der Waals surface area contributed by atoms with Gasteiger partial charge in [0.1, 0.15) is 12.1 Å². The van der Waals surface area contributed by atoms with E-state index in [1.165, 1.54) is 24.3 Å². The molecule has 4 amide bonds. The van der Waals surface area contributed by atoms with Crippen LogP contribution in [0.25, 0.3) is 12.2 Å². The highest BCUT2D eigenvalue weighted by Crippen LogP contribution is 2.18. The lowest BCUT2D eigenvalue weighted by Gasteiger charge is -2.25. The number of esters is 2. The van der Waals surface area contributed by atoms with E-state index in [2.05, 4.69) is 10.6 Å². The molecule has 17 heteroatoms. The van der Waals surface area contributed by atoms with Crippen molar-refractivity contribution in [1.82, 2.24) is 20.8 Å². The van der Waals surface area contributed by atoms with Crippen LogP contribution in [0.3, 0.4) is 0 Å². The van der Waals surface area contributed by atoms with Crippen LogP contribution < -0.4 is 10.6 Å². The fraction of sp³-hybridized carbons (Fsp3) is 0.395. The van der Waals surface area contributed by atoms with Crippen LogP contribution in [0.2, 0.25) is 0 Å². The number of nitrogens with zero attached hydrogens (tertiary/aromatic N) is 2. The van der Waals surface area contributed by atoms with Gasteiger partial charge in [0.25, 0.3) is 11.8 Å². The van der Waals surface area contributed by atoms with Crippen molar-refractivity contribution in [3.63, 3.8) is 0 Å². The third-order valence-corrected chi connectivity index (χ3v) is 8.12. The highest BCUT2D eigenvalue weighted by Gasteiger charge is 2.42. The summed E-state index contributed by atoms with van der Waals surface area (Å²) in [5.41, 5.74) is -1.45. The minimum atomic E-state index is -2.95. The second-order valence-electron chi connectivity index (χ2n) is 12.4. The minimum Gasteiger partial charge on any atom is -0.479 e. The standard InChI is InChI=1S/C38H48N4O13/c1-54-35(47)29(17-9-11-23-41(52)33(45)21-19-27-13-5-3-6-14-27)39-31(43)25-38(51,37(49)50)26-32(44)40-30(36(48)55-2)18-10-12-24-42(53)34(46)22-20-28-15-7-4-8-16-28/h3-8,13-16,19-22,29-30,51-53H,9-12,17-18,23-26H2,1-2H3,(H,39,43)(H,40,44)(H,49,50)/b21-19+,22-20+/t29-,30-/m0/s1. The van der Waals surface area contributed by atoms with Crippen molar-refractivity contribution < 1.29 is 63.7 Å². The molecule has 6 N–H and O–H groups in total. The van der Waals surface area contributed by atoms with Crippen LogP contribution in [0.4, 0.5) is 0 Å². The number of methoxy groups -OCH3 is 2. The maximum Gasteiger partial charge on any atom is 0.336 e. The normalized spacial score (nSPS) is 12.4. The van der Waals surface area contributed by atoms with E-state index in [-0.39, 0.29) is 51.6 Å². The number of carbonyl (C=O) groups is 7. The second kappa shape index (κ2) is 23.7. The molecule has 0 aliphatic heterocycles. The van der Waals surface area contributed by atoms with Crippen molar-refractivity contribution >= 4 is 53.7 Å². The van der Waals surface area contributed by atoms with E-state index in [1.54, 1.807) is 48.5 Å². The van der Waals surface area contributed by atoms with Crippen molar-refractivity contribution in [1.29, 1.82) is 0 Å². The molecule has 17 nitrogen and oxygen atoms in total. The largest absolute Gasteiger partial charge is 0.479 e. The summed E-state index contributed by atoms with van der Waals surface area (Å²) >= 11 is 0. The van der Waals surface area contributed by atoms with Gasteiger partial charge in [0.2, 0.25) is 11.8 Å². The Labute approximate surface area is 318 Å². The predicted molar refractivity (Wildman–Crippen MR) is 195 cm³/mol. The molecule has 2 aromatic carbocycles. The third-order valence-electron chi connectivity index (χ3n) is 8.12. The molecule has 0 unspecified atom stereocenters. The van der Waals surface area contributed by atoms with Crippen molar-refractivity contribution in [2.75, 3.05) is 27.3 Å². The Balaban J connectivity index is 1.89. The Kier molecular flexibility index (Phi) is 19.5. The lowest BCUT2D eigenvalue weighted by molar-refractivity contribution is -0.165. The number of nitrogens with one attached hydrogen (secondary N) is 2. The number of aliphatic carboxylic acids is 1. The van der Waals surface area contributed by atoms with Gasteiger partial charge in [-0.05, 0) is 61.8 Å². The average Bonchev–Trinajstić information content (AvgIpc) is 3.17. The first-order valence-corrected chi connectivity index (χ1v) is 17.4. The van der Waals surface area contributed by atoms with Crippen molar-refractivity contribution in [3.05, 3.63) is 83.9 Å². The summed E-state index contributed by atoms with van der Waals surface area (Å²) in [7, 11) is 2.13. The molecule has 0 aliphatic carbocycles. The first-order valence-electron chi connectivity index (χ1n) is 17.4. The van der Waals surface area contributed by atoms with Crippen LogP contribution in [0.1, 0.15) is 62.5 Å². The lowest BCUT2D eigenvalue weighted by atomic mass is 9.94. The van der Waals surface area contributed by atoms with Gasteiger partial charge in [0, 0.05) is 25.2 Å². The number of unbranched alkanes of at least 4 members (excludes halogenated alkanes) is 2. The van der Waals surface area contributed by atoms with Crippen LogP contribution in [-0.4, -0.2) is 117 Å². The molecule has 0 radical (unpaired) electrons. The quantitative estimate of drug-likeness (QED) is 0.0312. The molecule has 298 valence electrons. The molecule has 0 heterocycles. The van der Waals surface area contributed by atoms with Gasteiger partial charge in [-0.2, -0.15) is 0 Å². The Morgan fingerprint density at radius 2 is 1.02 bits per heavy atom. The molecular weight excluding hydrogens is 720 g/mol. The molecule has 0 aliphatic rings. The first kappa shape index (κ1) is 45.2. The number of hydrogen-bond acceptors (Lipinski definition) is 12. The summed E-state index contributed by atoms with van der Waals surface area (Å²) in [5, 5.41) is 46.3. The van der Waals surface area contributed by atoms with Crippen LogP contribution in [0.15, 0.2) is 72.8 Å². The Morgan fingerprint density at radius 3 is 1.35 bits per heavy atom. The lowest BCUT2D eigenvalue weighted by Crippen LogP contribution is -2.51. The minimum absolute atomic E-state index is 0.0420. The number of carboxylic acid groups (broad SMARTS) is 1. The number of ether oxygens (including phenoxy) is 2. The summed E-state index contributed by atoms with van der Waals surface area (Å²) in [4.78, 5) is 86.9. The molecule has 0 saturated heterocycles. The zero-order valence-electron chi connectivity index (χ0n) is 30.7. The first-order chi connectivity index (χ1) is 26.2. The molecule has 2 atom stereocenters. The molecule has 0 bridgehead atoms. The topological polar surface area (TPSA) is 249 Å². The number of aliphatic hydroxyl groups is 1. The zero-order chi connectivity index (χ0) is 40.8. The molecule has 55 heavy (non-hydrogen) atoms. The number of carbonyl (C=O) groups excluding carboxylic acids is 6. The number of rotatable bonds is 23. The maximum atomic E-state index is 12.9. The number of hydroxylamine groups is 4. The third kappa shape index (κ3) is 16.8. The maximum absolute atomic E-state index is 12.9. The molecule has 2 rings (SSSR count). The van der Waals surface area contributed by atoms with Gasteiger partial charge in [-0.15, -0.1) is 0 Å². The number of benzene rings is 2. The Morgan fingerprint density at radius 1 is 0.655 bits per heavy atom. The Bertz CT molecular complexity index is 1540. The van der Waals surface area contributed by atoms with E-state index in [0.717, 1.165) is 25.3 Å². The average molecular weight is 769 g/mol. The van der Waals surface area contributed by atoms with Crippen molar-refractivity contribution in [2.24, 2.45) is 0 Å². The van der Waals surface area contributed by atoms with E-state index in [4.69, 9.17) is 9.47 Å². The van der Waals surface area contributed by atoms with Gasteiger partial charge in [-0.3, -0.25) is 29.6 Å².